The van der Waals surface area contributed by atoms with Crippen LogP contribution in [0.15, 0.2) is 29.2 Å². The second-order valence-corrected chi connectivity index (χ2v) is 8.66. The molecule has 0 fully saturated rings. The Kier molecular flexibility index (Phi) is 5.47. The Hall–Kier alpha value is -2.79. The van der Waals surface area contributed by atoms with Gasteiger partial charge in [-0.25, -0.2) is 22.5 Å². The lowest BCUT2D eigenvalue weighted by Gasteiger charge is -2.14. The Balaban J connectivity index is 1.65. The van der Waals surface area contributed by atoms with Crippen LogP contribution in [0, 0.1) is 6.92 Å². The Morgan fingerprint density at radius 1 is 1.29 bits per heavy atom. The molecule has 0 atom stereocenters. The maximum absolute atomic E-state index is 12.5. The van der Waals surface area contributed by atoms with Crippen LogP contribution >= 0.6 is 11.3 Å². The van der Waals surface area contributed by atoms with Gasteiger partial charge in [0.1, 0.15) is 9.77 Å². The summed E-state index contributed by atoms with van der Waals surface area (Å²) in [6, 6.07) is 5.91. The van der Waals surface area contributed by atoms with Crippen molar-refractivity contribution in [3.05, 3.63) is 40.4 Å². The summed E-state index contributed by atoms with van der Waals surface area (Å²) in [6.45, 7) is 3.23. The fraction of sp³-hybridized carbons (Fsp3) is 0.294. The molecule has 2 aromatic rings. The number of sulfonamides is 1. The highest BCUT2D eigenvalue weighted by Gasteiger charge is 2.40. The van der Waals surface area contributed by atoms with E-state index in [0.717, 1.165) is 11.3 Å². The van der Waals surface area contributed by atoms with Crippen molar-refractivity contribution in [1.29, 1.82) is 0 Å². The van der Waals surface area contributed by atoms with E-state index in [-0.39, 0.29) is 40.0 Å². The average Bonchev–Trinajstić information content (AvgIpc) is 3.09. The summed E-state index contributed by atoms with van der Waals surface area (Å²) in [6.07, 6.45) is -0.244. The maximum atomic E-state index is 12.5. The van der Waals surface area contributed by atoms with Crippen LogP contribution in [0.4, 0.5) is 5.13 Å². The predicted molar refractivity (Wildman–Crippen MR) is 101 cm³/mol. The van der Waals surface area contributed by atoms with Gasteiger partial charge < -0.3 is 10.1 Å². The zero-order chi connectivity index (χ0) is 20.5. The number of aromatic nitrogens is 1. The lowest BCUT2D eigenvalue weighted by Crippen LogP contribution is -2.33. The van der Waals surface area contributed by atoms with Crippen LogP contribution in [0.25, 0.3) is 0 Å². The number of amides is 2. The van der Waals surface area contributed by atoms with Gasteiger partial charge in [0.25, 0.3) is 15.9 Å². The number of esters is 1. The molecule has 0 unspecified atom stereocenters. The minimum Gasteiger partial charge on any atom is -0.462 e. The number of fused-ring (bicyclic) bond motifs is 1. The SMILES string of the molecule is CCOC(=O)c1sc(NC(=O)CCN2C(=O)c3ccccc3S2(=O)=O)nc1C. The molecule has 0 saturated heterocycles. The van der Waals surface area contributed by atoms with E-state index in [4.69, 9.17) is 4.74 Å². The summed E-state index contributed by atoms with van der Waals surface area (Å²) < 4.78 is 30.5. The molecule has 0 aliphatic carbocycles. The first-order chi connectivity index (χ1) is 13.3. The number of nitrogens with zero attached hydrogens (tertiary/aromatic N) is 2. The van der Waals surface area contributed by atoms with Crippen LogP contribution in [0.1, 0.15) is 39.1 Å². The highest BCUT2D eigenvalue weighted by Crippen LogP contribution is 2.30. The van der Waals surface area contributed by atoms with Crippen molar-refractivity contribution in [3.8, 4) is 0 Å². The summed E-state index contributed by atoms with van der Waals surface area (Å²) in [5.74, 6) is -1.70. The van der Waals surface area contributed by atoms with Crippen molar-refractivity contribution in [2.24, 2.45) is 0 Å². The number of carbonyl (C=O) groups is 3. The molecule has 9 nitrogen and oxygen atoms in total. The Morgan fingerprint density at radius 2 is 2.00 bits per heavy atom. The largest absolute Gasteiger partial charge is 0.462 e. The molecule has 0 saturated carbocycles. The smallest absolute Gasteiger partial charge is 0.350 e. The molecule has 1 aromatic heterocycles. The Labute approximate surface area is 165 Å². The normalized spacial score (nSPS) is 14.6. The molecule has 0 radical (unpaired) electrons. The van der Waals surface area contributed by atoms with Crippen LogP contribution in [0.3, 0.4) is 0 Å². The van der Waals surface area contributed by atoms with Crippen LogP contribution in [-0.4, -0.2) is 48.6 Å². The molecule has 1 aliphatic heterocycles. The van der Waals surface area contributed by atoms with Gasteiger partial charge in [-0.1, -0.05) is 23.5 Å². The zero-order valence-electron chi connectivity index (χ0n) is 15.1. The quantitative estimate of drug-likeness (QED) is 0.703. The maximum Gasteiger partial charge on any atom is 0.350 e. The number of hydrogen-bond acceptors (Lipinski definition) is 8. The van der Waals surface area contributed by atoms with Gasteiger partial charge in [0.15, 0.2) is 5.13 Å². The van der Waals surface area contributed by atoms with E-state index in [2.05, 4.69) is 10.3 Å². The third-order valence-corrected chi connectivity index (χ3v) is 6.85. The second kappa shape index (κ2) is 7.68. The summed E-state index contributed by atoms with van der Waals surface area (Å²) in [5, 5.41) is 2.71. The van der Waals surface area contributed by atoms with Crippen LogP contribution in [0.2, 0.25) is 0 Å². The van der Waals surface area contributed by atoms with Crippen molar-refractivity contribution in [1.82, 2.24) is 9.29 Å². The number of hydrogen-bond donors (Lipinski definition) is 1. The minimum absolute atomic E-state index is 0.0602. The number of anilines is 1. The van der Waals surface area contributed by atoms with Gasteiger partial charge in [0.2, 0.25) is 5.91 Å². The van der Waals surface area contributed by atoms with Crippen molar-refractivity contribution >= 4 is 44.3 Å². The molecule has 1 aliphatic rings. The number of carbonyl (C=O) groups excluding carboxylic acids is 3. The topological polar surface area (TPSA) is 123 Å². The third-order valence-electron chi connectivity index (χ3n) is 3.96. The van der Waals surface area contributed by atoms with E-state index < -0.39 is 27.8 Å². The predicted octanol–water partition coefficient (Wildman–Crippen LogP) is 1.80. The number of benzene rings is 1. The van der Waals surface area contributed by atoms with Crippen molar-refractivity contribution in [2.45, 2.75) is 25.2 Å². The summed E-state index contributed by atoms with van der Waals surface area (Å²) >= 11 is 0.968. The van der Waals surface area contributed by atoms with Gasteiger partial charge in [0.05, 0.1) is 17.9 Å². The fourth-order valence-corrected chi connectivity index (χ4v) is 5.12. The zero-order valence-corrected chi connectivity index (χ0v) is 16.7. The molecule has 1 N–H and O–H groups in total. The van der Waals surface area contributed by atoms with Crippen molar-refractivity contribution < 1.29 is 27.5 Å². The molecule has 11 heteroatoms. The molecule has 2 heterocycles. The molecule has 0 spiro atoms. The second-order valence-electron chi connectivity index (χ2n) is 5.83. The highest BCUT2D eigenvalue weighted by molar-refractivity contribution is 7.90. The molecule has 0 bridgehead atoms. The van der Waals surface area contributed by atoms with E-state index in [9.17, 15) is 22.8 Å². The average molecular weight is 423 g/mol. The minimum atomic E-state index is -3.95. The number of thiazole rings is 1. The van der Waals surface area contributed by atoms with Gasteiger partial charge in [-0.3, -0.25) is 9.59 Å². The van der Waals surface area contributed by atoms with Gasteiger partial charge >= 0.3 is 5.97 Å². The molecular weight excluding hydrogens is 406 g/mol. The lowest BCUT2D eigenvalue weighted by atomic mass is 10.2. The fourth-order valence-electron chi connectivity index (χ4n) is 2.67. The van der Waals surface area contributed by atoms with Crippen LogP contribution in [0.5, 0.6) is 0 Å². The van der Waals surface area contributed by atoms with Crippen molar-refractivity contribution in [3.63, 3.8) is 0 Å². The number of aryl methyl sites for hydroxylation is 1. The Bertz CT molecular complexity index is 1060. The van der Waals surface area contributed by atoms with Gasteiger partial charge in [0, 0.05) is 13.0 Å². The first-order valence-electron chi connectivity index (χ1n) is 8.36. The molecule has 1 aromatic carbocycles. The van der Waals surface area contributed by atoms with E-state index >= 15 is 0 Å². The number of nitrogens with one attached hydrogen (secondary N) is 1. The standard InChI is InChI=1S/C17H17N3O6S2/c1-3-26-16(23)14-10(2)18-17(27-14)19-13(21)8-9-20-15(22)11-6-4-5-7-12(11)28(20,24)25/h4-7H,3,8-9H2,1-2H3,(H,18,19,21). The summed E-state index contributed by atoms with van der Waals surface area (Å²) in [4.78, 5) is 40.6. The van der Waals surface area contributed by atoms with E-state index in [1.54, 1.807) is 19.9 Å². The molecule has 3 rings (SSSR count). The molecule has 148 valence electrons. The van der Waals surface area contributed by atoms with Crippen molar-refractivity contribution in [2.75, 3.05) is 18.5 Å². The monoisotopic (exact) mass is 423 g/mol. The Morgan fingerprint density at radius 3 is 2.68 bits per heavy atom. The van der Waals surface area contributed by atoms with E-state index in [1.165, 1.54) is 18.2 Å². The molecular formula is C17H17N3O6S2. The van der Waals surface area contributed by atoms with Gasteiger partial charge in [-0.15, -0.1) is 0 Å². The lowest BCUT2D eigenvalue weighted by molar-refractivity contribution is -0.116. The van der Waals surface area contributed by atoms with E-state index in [1.807, 2.05) is 0 Å². The first kappa shape index (κ1) is 20.0. The van der Waals surface area contributed by atoms with E-state index in [0.29, 0.717) is 10.00 Å². The summed E-state index contributed by atoms with van der Waals surface area (Å²) in [5.41, 5.74) is 0.518. The highest BCUT2D eigenvalue weighted by atomic mass is 32.2. The van der Waals surface area contributed by atoms with Crippen LogP contribution < -0.4 is 5.32 Å². The van der Waals surface area contributed by atoms with Gasteiger partial charge in [-0.2, -0.15) is 0 Å². The third kappa shape index (κ3) is 3.62. The molecule has 2 amide bonds. The van der Waals surface area contributed by atoms with Gasteiger partial charge in [-0.05, 0) is 26.0 Å². The van der Waals surface area contributed by atoms with Crippen LogP contribution in [-0.2, 0) is 19.6 Å². The number of rotatable bonds is 6. The molecule has 28 heavy (non-hydrogen) atoms. The number of ether oxygens (including phenoxy) is 1. The summed E-state index contributed by atoms with van der Waals surface area (Å²) in [7, 11) is -3.95. The first-order valence-corrected chi connectivity index (χ1v) is 10.6.